The van der Waals surface area contributed by atoms with Crippen LogP contribution in [-0.4, -0.2) is 52.7 Å². The first-order valence-corrected chi connectivity index (χ1v) is 12.7. The van der Waals surface area contributed by atoms with Gasteiger partial charge in [0.15, 0.2) is 0 Å². The molecule has 3 N–H and O–H groups in total. The lowest BCUT2D eigenvalue weighted by molar-refractivity contribution is -0.143. The highest BCUT2D eigenvalue weighted by Crippen LogP contribution is 2.26. The number of aliphatic hydroxyl groups is 1. The molecule has 0 saturated carbocycles. The van der Waals surface area contributed by atoms with Gasteiger partial charge in [0.1, 0.15) is 17.7 Å². The maximum Gasteiger partial charge on any atom is 0.408 e. The zero-order valence-corrected chi connectivity index (χ0v) is 22.8. The first-order valence-electron chi connectivity index (χ1n) is 12.7. The minimum Gasteiger partial charge on any atom is -0.444 e. The molecule has 8 nitrogen and oxygen atoms in total. The summed E-state index contributed by atoms with van der Waals surface area (Å²) in [5.74, 6) is -0.763. The Kier molecular flexibility index (Phi) is 11.1. The molecule has 0 fully saturated rings. The van der Waals surface area contributed by atoms with Crippen LogP contribution in [0.2, 0.25) is 0 Å². The second-order valence-corrected chi connectivity index (χ2v) is 10.5. The van der Waals surface area contributed by atoms with Crippen molar-refractivity contribution in [2.75, 3.05) is 13.2 Å². The van der Waals surface area contributed by atoms with Crippen LogP contribution in [-0.2, 0) is 20.9 Å². The molecule has 0 aliphatic carbocycles. The van der Waals surface area contributed by atoms with E-state index >= 15 is 0 Å². The van der Waals surface area contributed by atoms with Gasteiger partial charge in [0, 0.05) is 13.1 Å². The maximum absolute atomic E-state index is 13.9. The van der Waals surface area contributed by atoms with E-state index in [9.17, 15) is 19.5 Å². The zero-order valence-electron chi connectivity index (χ0n) is 22.8. The van der Waals surface area contributed by atoms with E-state index in [1.807, 2.05) is 69.3 Å². The molecule has 0 spiro atoms. The largest absolute Gasteiger partial charge is 0.444 e. The normalized spacial score (nSPS) is 13.0. The molecule has 2 rings (SSSR count). The number of nitrogens with zero attached hydrogens (tertiary/aromatic N) is 1. The molecule has 202 valence electrons. The molecule has 37 heavy (non-hydrogen) atoms. The Morgan fingerprint density at radius 2 is 1.62 bits per heavy atom. The topological polar surface area (TPSA) is 108 Å². The Morgan fingerprint density at radius 1 is 1.00 bits per heavy atom. The van der Waals surface area contributed by atoms with Crippen LogP contribution in [0, 0.1) is 12.8 Å². The second-order valence-electron chi connectivity index (χ2n) is 10.5. The average molecular weight is 512 g/mol. The molecule has 0 saturated heterocycles. The first kappa shape index (κ1) is 29.8. The molecule has 0 heterocycles. The van der Waals surface area contributed by atoms with Crippen molar-refractivity contribution in [1.29, 1.82) is 0 Å². The van der Waals surface area contributed by atoms with Gasteiger partial charge in [0.25, 0.3) is 0 Å². The molecule has 2 aromatic carbocycles. The Labute approximate surface area is 220 Å². The van der Waals surface area contributed by atoms with Crippen LogP contribution in [0.4, 0.5) is 4.79 Å². The van der Waals surface area contributed by atoms with Gasteiger partial charge in [-0.2, -0.15) is 0 Å². The summed E-state index contributed by atoms with van der Waals surface area (Å²) in [5, 5.41) is 15.5. The van der Waals surface area contributed by atoms with E-state index in [2.05, 4.69) is 10.6 Å². The minimum atomic E-state index is -1.00. The van der Waals surface area contributed by atoms with E-state index in [4.69, 9.17) is 4.74 Å². The number of hydrogen-bond acceptors (Lipinski definition) is 5. The van der Waals surface area contributed by atoms with Gasteiger partial charge < -0.3 is 25.4 Å². The summed E-state index contributed by atoms with van der Waals surface area (Å²) in [6.45, 7) is 10.9. The van der Waals surface area contributed by atoms with Crippen LogP contribution in [0.3, 0.4) is 0 Å². The van der Waals surface area contributed by atoms with Crippen LogP contribution in [0.1, 0.15) is 63.8 Å². The van der Waals surface area contributed by atoms with Crippen molar-refractivity contribution in [1.82, 2.24) is 15.5 Å². The van der Waals surface area contributed by atoms with E-state index in [-0.39, 0.29) is 31.5 Å². The van der Waals surface area contributed by atoms with Gasteiger partial charge in [-0.25, -0.2) is 4.79 Å². The summed E-state index contributed by atoms with van der Waals surface area (Å²) in [6, 6.07) is 14.9. The van der Waals surface area contributed by atoms with Crippen LogP contribution < -0.4 is 10.6 Å². The molecular formula is C29H41N3O5. The molecule has 8 heteroatoms. The molecule has 0 bridgehead atoms. The molecule has 0 aliphatic rings. The van der Waals surface area contributed by atoms with Gasteiger partial charge in [-0.15, -0.1) is 0 Å². The van der Waals surface area contributed by atoms with Gasteiger partial charge >= 0.3 is 6.09 Å². The van der Waals surface area contributed by atoms with Crippen LogP contribution in [0.15, 0.2) is 54.6 Å². The summed E-state index contributed by atoms with van der Waals surface area (Å²) in [6.07, 6.45) is -0.372. The number of nitrogens with one attached hydrogen (secondary N) is 2. The Hall–Kier alpha value is -3.39. The Balaban J connectivity index is 2.43. The summed E-state index contributed by atoms with van der Waals surface area (Å²) in [4.78, 5) is 41.5. The number of aryl methyl sites for hydroxylation is 1. The first-order chi connectivity index (χ1) is 17.4. The highest BCUT2D eigenvalue weighted by Gasteiger charge is 2.36. The molecule has 0 aliphatic heterocycles. The highest BCUT2D eigenvalue weighted by atomic mass is 16.6. The standard InChI is InChI=1S/C29H41N3O5/c1-20(2)18-24(31-28(36)37-29(4,5)6)27(35)32(16-17-33)25(23-15-11-10-12-21(23)3)26(34)30-19-22-13-8-7-9-14-22/h7-15,20,24-25,33H,16-19H2,1-6H3,(H,30,34)(H,31,36). The number of amides is 3. The summed E-state index contributed by atoms with van der Waals surface area (Å²) >= 11 is 0. The van der Waals surface area contributed by atoms with E-state index in [0.717, 1.165) is 11.1 Å². The van der Waals surface area contributed by atoms with Crippen molar-refractivity contribution < 1.29 is 24.2 Å². The summed E-state index contributed by atoms with van der Waals surface area (Å²) in [5.41, 5.74) is 1.67. The van der Waals surface area contributed by atoms with E-state index in [0.29, 0.717) is 12.0 Å². The summed E-state index contributed by atoms with van der Waals surface area (Å²) < 4.78 is 5.39. The van der Waals surface area contributed by atoms with Crippen LogP contribution in [0.25, 0.3) is 0 Å². The number of carbonyl (C=O) groups is 3. The third-order valence-corrected chi connectivity index (χ3v) is 5.67. The quantitative estimate of drug-likeness (QED) is 0.421. The smallest absolute Gasteiger partial charge is 0.408 e. The molecule has 2 unspecified atom stereocenters. The number of ether oxygens (including phenoxy) is 1. The van der Waals surface area contributed by atoms with Crippen LogP contribution >= 0.6 is 0 Å². The van der Waals surface area contributed by atoms with Crippen LogP contribution in [0.5, 0.6) is 0 Å². The van der Waals surface area contributed by atoms with Gasteiger partial charge in [-0.05, 0) is 56.7 Å². The monoisotopic (exact) mass is 511 g/mol. The number of aliphatic hydroxyl groups excluding tert-OH is 1. The lowest BCUT2D eigenvalue weighted by atomic mass is 9.96. The van der Waals surface area contributed by atoms with Crippen molar-refractivity contribution >= 4 is 17.9 Å². The Bertz CT molecular complexity index is 1030. The maximum atomic E-state index is 13.9. The third-order valence-electron chi connectivity index (χ3n) is 5.67. The van der Waals surface area contributed by atoms with Crippen molar-refractivity contribution in [2.45, 2.75) is 72.2 Å². The number of alkyl carbamates (subject to hydrolysis) is 1. The zero-order chi connectivity index (χ0) is 27.6. The predicted molar refractivity (Wildman–Crippen MR) is 144 cm³/mol. The van der Waals surface area contributed by atoms with Gasteiger partial charge in [-0.1, -0.05) is 68.4 Å². The molecule has 2 atom stereocenters. The van der Waals surface area contributed by atoms with Gasteiger partial charge in [0.2, 0.25) is 11.8 Å². The highest BCUT2D eigenvalue weighted by molar-refractivity contribution is 5.92. The molecule has 3 amide bonds. The van der Waals surface area contributed by atoms with Gasteiger partial charge in [0.05, 0.1) is 6.61 Å². The fourth-order valence-electron chi connectivity index (χ4n) is 4.04. The molecule has 0 radical (unpaired) electrons. The predicted octanol–water partition coefficient (Wildman–Crippen LogP) is 4.11. The number of benzene rings is 2. The average Bonchev–Trinajstić information content (AvgIpc) is 2.82. The number of rotatable bonds is 11. The third kappa shape index (κ3) is 9.53. The minimum absolute atomic E-state index is 0.0729. The van der Waals surface area contributed by atoms with Crippen molar-refractivity contribution in [3.8, 4) is 0 Å². The number of carbonyl (C=O) groups excluding carboxylic acids is 3. The molecule has 2 aromatic rings. The fraction of sp³-hybridized carbons (Fsp3) is 0.483. The van der Waals surface area contributed by atoms with E-state index < -0.39 is 29.7 Å². The summed E-state index contributed by atoms with van der Waals surface area (Å²) in [7, 11) is 0. The van der Waals surface area contributed by atoms with Crippen molar-refractivity contribution in [3.05, 3.63) is 71.3 Å². The SMILES string of the molecule is Cc1ccccc1C(C(=O)NCc1ccccc1)N(CCO)C(=O)C(CC(C)C)NC(=O)OC(C)(C)C. The lowest BCUT2D eigenvalue weighted by Crippen LogP contribution is -2.54. The second kappa shape index (κ2) is 13.8. The molecular weight excluding hydrogens is 470 g/mol. The van der Waals surface area contributed by atoms with Crippen molar-refractivity contribution in [3.63, 3.8) is 0 Å². The Morgan fingerprint density at radius 3 is 2.19 bits per heavy atom. The molecule has 0 aromatic heterocycles. The number of hydrogen-bond donors (Lipinski definition) is 3. The van der Waals surface area contributed by atoms with E-state index in [1.54, 1.807) is 26.8 Å². The van der Waals surface area contributed by atoms with Gasteiger partial charge in [-0.3, -0.25) is 9.59 Å². The van der Waals surface area contributed by atoms with Crippen molar-refractivity contribution in [2.24, 2.45) is 5.92 Å². The fourth-order valence-corrected chi connectivity index (χ4v) is 4.04. The van der Waals surface area contributed by atoms with E-state index in [1.165, 1.54) is 4.90 Å². The lowest BCUT2D eigenvalue weighted by Gasteiger charge is -2.35.